The minimum Gasteiger partial charge on any atom is -0.325 e. The summed E-state index contributed by atoms with van der Waals surface area (Å²) in [5.74, 6) is -0.428. The molecule has 4 rings (SSSR count). The van der Waals surface area contributed by atoms with Gasteiger partial charge in [-0.3, -0.25) is 4.79 Å². The van der Waals surface area contributed by atoms with Crippen molar-refractivity contribution in [3.63, 3.8) is 0 Å². The maximum atomic E-state index is 13.4. The summed E-state index contributed by atoms with van der Waals surface area (Å²) in [7, 11) is -3.91. The minimum absolute atomic E-state index is 0.0742. The molecule has 0 saturated carbocycles. The van der Waals surface area contributed by atoms with Gasteiger partial charge in [-0.25, -0.2) is 13.4 Å². The lowest BCUT2D eigenvalue weighted by Gasteiger charge is -2.22. The number of anilines is 1. The molecule has 34 heavy (non-hydrogen) atoms. The molecule has 0 unspecified atom stereocenters. The summed E-state index contributed by atoms with van der Waals surface area (Å²) in [6.07, 6.45) is 0. The topological polar surface area (TPSA) is 79.4 Å². The number of rotatable bonds is 8. The molecule has 0 radical (unpaired) electrons. The lowest BCUT2D eigenvalue weighted by Crippen LogP contribution is -2.37. The Labute approximate surface area is 211 Å². The Morgan fingerprint density at radius 1 is 1.03 bits per heavy atom. The van der Waals surface area contributed by atoms with Gasteiger partial charge in [0, 0.05) is 27.6 Å². The number of aryl methyl sites for hydroxylation is 1. The summed E-state index contributed by atoms with van der Waals surface area (Å²) in [6, 6.07) is 22.9. The molecule has 174 valence electrons. The van der Waals surface area contributed by atoms with Crippen LogP contribution in [-0.2, 0) is 21.4 Å². The molecule has 0 aliphatic rings. The molecule has 4 aromatic rings. The van der Waals surface area contributed by atoms with Crippen LogP contribution in [0.2, 0.25) is 0 Å². The predicted octanol–water partition coefficient (Wildman–Crippen LogP) is 5.71. The zero-order chi connectivity index (χ0) is 24.1. The lowest BCUT2D eigenvalue weighted by molar-refractivity contribution is -0.116. The molecule has 1 heterocycles. The van der Waals surface area contributed by atoms with Crippen molar-refractivity contribution < 1.29 is 13.2 Å². The molecular weight excluding hydrogens is 534 g/mol. The molecule has 0 spiro atoms. The van der Waals surface area contributed by atoms with Gasteiger partial charge in [0.15, 0.2) is 0 Å². The Hall–Kier alpha value is -2.85. The van der Waals surface area contributed by atoms with Crippen molar-refractivity contribution in [1.82, 2.24) is 9.29 Å². The average Bonchev–Trinajstić information content (AvgIpc) is 3.26. The molecule has 6 nitrogen and oxygen atoms in total. The van der Waals surface area contributed by atoms with Gasteiger partial charge in [0.1, 0.15) is 0 Å². The Bertz CT molecular complexity index is 1390. The van der Waals surface area contributed by atoms with Gasteiger partial charge in [0.2, 0.25) is 15.9 Å². The molecule has 0 bridgehead atoms. The first kappa shape index (κ1) is 24.3. The van der Waals surface area contributed by atoms with Gasteiger partial charge >= 0.3 is 0 Å². The smallest absolute Gasteiger partial charge is 0.243 e. The minimum atomic E-state index is -3.91. The summed E-state index contributed by atoms with van der Waals surface area (Å²) in [6.45, 7) is 1.69. The number of nitrogens with zero attached hydrogens (tertiary/aromatic N) is 2. The lowest BCUT2D eigenvalue weighted by atomic mass is 10.1. The number of hydrogen-bond donors (Lipinski definition) is 1. The van der Waals surface area contributed by atoms with Crippen LogP contribution in [0.15, 0.2) is 93.6 Å². The van der Waals surface area contributed by atoms with Crippen molar-refractivity contribution in [3.8, 4) is 11.3 Å². The summed E-state index contributed by atoms with van der Waals surface area (Å²) in [5.41, 5.74) is 3.08. The molecule has 0 aliphatic carbocycles. The van der Waals surface area contributed by atoms with E-state index in [0.29, 0.717) is 5.69 Å². The molecular formula is C25H22BrN3O3S2. The van der Waals surface area contributed by atoms with E-state index in [1.165, 1.54) is 16.4 Å². The van der Waals surface area contributed by atoms with Crippen LogP contribution in [0.4, 0.5) is 5.69 Å². The standard InChI is InChI=1S/C25H22BrN3O3S2/c1-18-27-24(17-33-18)20-8-5-9-22(14-20)28-25(30)16-29(15-19-6-3-2-4-7-19)34(31,32)23-12-10-21(26)11-13-23/h2-14,17H,15-16H2,1H3,(H,28,30). The highest BCUT2D eigenvalue weighted by molar-refractivity contribution is 9.10. The molecule has 0 saturated heterocycles. The van der Waals surface area contributed by atoms with Crippen molar-refractivity contribution in [2.75, 3.05) is 11.9 Å². The van der Waals surface area contributed by atoms with E-state index in [1.807, 2.05) is 60.8 Å². The Morgan fingerprint density at radius 3 is 2.44 bits per heavy atom. The highest BCUT2D eigenvalue weighted by Gasteiger charge is 2.27. The van der Waals surface area contributed by atoms with Crippen LogP contribution in [0.3, 0.4) is 0 Å². The van der Waals surface area contributed by atoms with Crippen molar-refractivity contribution in [1.29, 1.82) is 0 Å². The monoisotopic (exact) mass is 555 g/mol. The van der Waals surface area contributed by atoms with Crippen LogP contribution in [0.1, 0.15) is 10.6 Å². The number of aromatic nitrogens is 1. The third-order valence-corrected chi connectivity index (χ3v) is 8.14. The number of halogens is 1. The maximum Gasteiger partial charge on any atom is 0.243 e. The van der Waals surface area contributed by atoms with E-state index in [0.717, 1.165) is 26.3 Å². The summed E-state index contributed by atoms with van der Waals surface area (Å²) < 4.78 is 28.8. The molecule has 0 aliphatic heterocycles. The normalized spacial score (nSPS) is 11.5. The van der Waals surface area contributed by atoms with Crippen molar-refractivity contribution in [3.05, 3.63) is 99.3 Å². The quantitative estimate of drug-likeness (QED) is 0.302. The zero-order valence-electron chi connectivity index (χ0n) is 18.3. The van der Waals surface area contributed by atoms with Crippen LogP contribution < -0.4 is 5.32 Å². The van der Waals surface area contributed by atoms with E-state index < -0.39 is 15.9 Å². The van der Waals surface area contributed by atoms with Crippen LogP contribution >= 0.6 is 27.3 Å². The van der Waals surface area contributed by atoms with Crippen molar-refractivity contribution in [2.45, 2.75) is 18.4 Å². The number of sulfonamides is 1. The zero-order valence-corrected chi connectivity index (χ0v) is 21.5. The molecule has 0 atom stereocenters. The highest BCUT2D eigenvalue weighted by atomic mass is 79.9. The van der Waals surface area contributed by atoms with Gasteiger partial charge < -0.3 is 5.32 Å². The molecule has 0 fully saturated rings. The SMILES string of the molecule is Cc1nc(-c2cccc(NC(=O)CN(Cc3ccccc3)S(=O)(=O)c3ccc(Br)cc3)c2)cs1. The Morgan fingerprint density at radius 2 is 1.76 bits per heavy atom. The van der Waals surface area contributed by atoms with Gasteiger partial charge in [0.25, 0.3) is 0 Å². The number of hydrogen-bond acceptors (Lipinski definition) is 5. The molecule has 3 aromatic carbocycles. The van der Waals surface area contributed by atoms with Gasteiger partial charge in [-0.05, 0) is 48.9 Å². The van der Waals surface area contributed by atoms with Crippen molar-refractivity contribution in [2.24, 2.45) is 0 Å². The number of benzene rings is 3. The fourth-order valence-electron chi connectivity index (χ4n) is 3.38. The largest absolute Gasteiger partial charge is 0.325 e. The van der Waals surface area contributed by atoms with Gasteiger partial charge in [0.05, 0.1) is 22.1 Å². The maximum absolute atomic E-state index is 13.4. The van der Waals surface area contributed by atoms with E-state index in [9.17, 15) is 13.2 Å². The number of carbonyl (C=O) groups excluding carboxylic acids is 1. The number of nitrogens with one attached hydrogen (secondary N) is 1. The molecule has 1 amide bonds. The first-order valence-corrected chi connectivity index (χ1v) is 13.5. The van der Waals surface area contributed by atoms with Crippen LogP contribution in [0, 0.1) is 6.92 Å². The number of carbonyl (C=O) groups is 1. The second kappa shape index (κ2) is 10.6. The van der Waals surface area contributed by atoms with Gasteiger partial charge in [-0.2, -0.15) is 4.31 Å². The second-order valence-electron chi connectivity index (χ2n) is 7.59. The van der Waals surface area contributed by atoms with E-state index in [4.69, 9.17) is 0 Å². The number of amides is 1. The molecule has 1 N–H and O–H groups in total. The summed E-state index contributed by atoms with van der Waals surface area (Å²) in [5, 5.41) is 5.75. The van der Waals surface area contributed by atoms with Gasteiger partial charge in [-0.15, -0.1) is 11.3 Å². The second-order valence-corrected chi connectivity index (χ2v) is 11.5. The van der Waals surface area contributed by atoms with E-state index in [1.54, 1.807) is 29.5 Å². The van der Waals surface area contributed by atoms with Gasteiger partial charge in [-0.1, -0.05) is 58.4 Å². The van der Waals surface area contributed by atoms with Crippen molar-refractivity contribution >= 4 is 48.9 Å². The van der Waals surface area contributed by atoms with Crippen LogP contribution in [0.5, 0.6) is 0 Å². The first-order valence-electron chi connectivity index (χ1n) is 10.4. The molecule has 9 heteroatoms. The Balaban J connectivity index is 1.56. The van der Waals surface area contributed by atoms with Crippen LogP contribution in [-0.4, -0.2) is 30.2 Å². The van der Waals surface area contributed by atoms with E-state index in [-0.39, 0.29) is 18.0 Å². The summed E-state index contributed by atoms with van der Waals surface area (Å²) >= 11 is 4.88. The first-order chi connectivity index (χ1) is 16.3. The fourth-order valence-corrected chi connectivity index (χ4v) is 5.65. The highest BCUT2D eigenvalue weighted by Crippen LogP contribution is 2.25. The van der Waals surface area contributed by atoms with Crippen LogP contribution in [0.25, 0.3) is 11.3 Å². The number of thiazole rings is 1. The Kier molecular flexibility index (Phi) is 7.57. The fraction of sp³-hybridized carbons (Fsp3) is 0.120. The third-order valence-electron chi connectivity index (χ3n) is 5.03. The summed E-state index contributed by atoms with van der Waals surface area (Å²) in [4.78, 5) is 17.6. The predicted molar refractivity (Wildman–Crippen MR) is 139 cm³/mol. The van der Waals surface area contributed by atoms with E-state index in [2.05, 4.69) is 26.2 Å². The third kappa shape index (κ3) is 5.98. The van der Waals surface area contributed by atoms with E-state index >= 15 is 0 Å². The molecule has 1 aromatic heterocycles. The average molecular weight is 557 g/mol.